The lowest BCUT2D eigenvalue weighted by molar-refractivity contribution is -0.137. The standard InChI is InChI=1S/C18H14F3N3O2/c1-26-16-8-3-2-7-15(16)23-11-12(10-22)17(25)24-14-6-4-5-13(9-14)18(19,20)21/h2-9,11,23H,1H3,(H,24,25)/b12-11-. The van der Waals surface area contributed by atoms with Crippen molar-refractivity contribution in [3.05, 3.63) is 65.9 Å². The molecule has 0 heterocycles. The van der Waals surface area contributed by atoms with Crippen LogP contribution in [0.1, 0.15) is 5.56 Å². The minimum absolute atomic E-state index is 0.0664. The molecule has 0 unspecified atom stereocenters. The number of nitrogens with zero attached hydrogens (tertiary/aromatic N) is 1. The van der Waals surface area contributed by atoms with Crippen LogP contribution in [0, 0.1) is 11.3 Å². The summed E-state index contributed by atoms with van der Waals surface area (Å²) in [6.45, 7) is 0. The lowest BCUT2D eigenvalue weighted by atomic mass is 10.2. The van der Waals surface area contributed by atoms with Crippen LogP contribution in [0.5, 0.6) is 5.75 Å². The van der Waals surface area contributed by atoms with Crippen molar-refractivity contribution in [2.24, 2.45) is 0 Å². The van der Waals surface area contributed by atoms with Gasteiger partial charge in [0.2, 0.25) is 0 Å². The number of methoxy groups -OCH3 is 1. The number of rotatable bonds is 5. The first kappa shape index (κ1) is 18.9. The van der Waals surface area contributed by atoms with Gasteiger partial charge in [-0.3, -0.25) is 4.79 Å². The molecule has 2 aromatic rings. The molecule has 1 amide bonds. The molecule has 0 spiro atoms. The number of hydrogen-bond donors (Lipinski definition) is 2. The number of hydrogen-bond acceptors (Lipinski definition) is 4. The fourth-order valence-corrected chi connectivity index (χ4v) is 2.03. The molecule has 5 nitrogen and oxygen atoms in total. The van der Waals surface area contributed by atoms with E-state index in [9.17, 15) is 18.0 Å². The third-order valence-electron chi connectivity index (χ3n) is 3.29. The number of nitrogens with one attached hydrogen (secondary N) is 2. The van der Waals surface area contributed by atoms with Crippen molar-refractivity contribution in [2.75, 3.05) is 17.7 Å². The Balaban J connectivity index is 2.15. The number of alkyl halides is 3. The minimum atomic E-state index is -4.53. The first-order chi connectivity index (χ1) is 12.3. The number of benzene rings is 2. The number of para-hydroxylation sites is 2. The summed E-state index contributed by atoms with van der Waals surface area (Å²) in [4.78, 5) is 12.1. The summed E-state index contributed by atoms with van der Waals surface area (Å²) >= 11 is 0. The third-order valence-corrected chi connectivity index (χ3v) is 3.29. The van der Waals surface area contributed by atoms with Crippen LogP contribution < -0.4 is 15.4 Å². The minimum Gasteiger partial charge on any atom is -0.495 e. The number of amides is 1. The molecule has 0 fully saturated rings. The maximum Gasteiger partial charge on any atom is 0.416 e. The zero-order valence-corrected chi connectivity index (χ0v) is 13.6. The van der Waals surface area contributed by atoms with Gasteiger partial charge in [0.25, 0.3) is 5.91 Å². The Morgan fingerprint density at radius 3 is 2.58 bits per heavy atom. The van der Waals surface area contributed by atoms with E-state index >= 15 is 0 Å². The maximum absolute atomic E-state index is 12.7. The first-order valence-corrected chi connectivity index (χ1v) is 7.33. The zero-order chi connectivity index (χ0) is 19.2. The molecule has 0 aliphatic rings. The van der Waals surface area contributed by atoms with Crippen molar-refractivity contribution in [3.8, 4) is 11.8 Å². The molecular formula is C18H14F3N3O2. The number of nitriles is 1. The normalized spacial score (nSPS) is 11.4. The fourth-order valence-electron chi connectivity index (χ4n) is 2.03. The first-order valence-electron chi connectivity index (χ1n) is 7.33. The lowest BCUT2D eigenvalue weighted by Gasteiger charge is -2.10. The maximum atomic E-state index is 12.7. The highest BCUT2D eigenvalue weighted by atomic mass is 19.4. The van der Waals surface area contributed by atoms with Gasteiger partial charge in [-0.25, -0.2) is 0 Å². The Hall–Kier alpha value is -3.47. The van der Waals surface area contributed by atoms with Crippen LogP contribution in [0.25, 0.3) is 0 Å². The van der Waals surface area contributed by atoms with Crippen LogP contribution in [-0.2, 0) is 11.0 Å². The molecule has 26 heavy (non-hydrogen) atoms. The number of carbonyl (C=O) groups excluding carboxylic acids is 1. The van der Waals surface area contributed by atoms with Crippen LogP contribution in [-0.4, -0.2) is 13.0 Å². The van der Waals surface area contributed by atoms with E-state index < -0.39 is 17.6 Å². The van der Waals surface area contributed by atoms with Gasteiger partial charge in [-0.05, 0) is 30.3 Å². The molecule has 0 atom stereocenters. The molecule has 0 radical (unpaired) electrons. The summed E-state index contributed by atoms with van der Waals surface area (Å²) in [5, 5.41) is 14.2. The van der Waals surface area contributed by atoms with E-state index in [0.717, 1.165) is 18.3 Å². The molecule has 134 valence electrons. The highest BCUT2D eigenvalue weighted by Gasteiger charge is 2.30. The molecule has 2 aromatic carbocycles. The van der Waals surface area contributed by atoms with Gasteiger partial charge in [-0.15, -0.1) is 0 Å². The van der Waals surface area contributed by atoms with Gasteiger partial charge in [0.15, 0.2) is 0 Å². The molecule has 0 aliphatic heterocycles. The van der Waals surface area contributed by atoms with Gasteiger partial charge < -0.3 is 15.4 Å². The largest absolute Gasteiger partial charge is 0.495 e. The molecular weight excluding hydrogens is 347 g/mol. The molecule has 8 heteroatoms. The number of halogens is 3. The van der Waals surface area contributed by atoms with Crippen LogP contribution in [0.2, 0.25) is 0 Å². The van der Waals surface area contributed by atoms with Crippen LogP contribution in [0.3, 0.4) is 0 Å². The Morgan fingerprint density at radius 1 is 1.19 bits per heavy atom. The molecule has 0 aromatic heterocycles. The van der Waals surface area contributed by atoms with Crippen molar-refractivity contribution in [2.45, 2.75) is 6.18 Å². The van der Waals surface area contributed by atoms with Crippen molar-refractivity contribution >= 4 is 17.3 Å². The van der Waals surface area contributed by atoms with Crippen molar-refractivity contribution < 1.29 is 22.7 Å². The summed E-state index contributed by atoms with van der Waals surface area (Å²) in [7, 11) is 1.47. The van der Waals surface area contributed by atoms with E-state index in [1.54, 1.807) is 30.3 Å². The Morgan fingerprint density at radius 2 is 1.92 bits per heavy atom. The quantitative estimate of drug-likeness (QED) is 0.619. The molecule has 2 rings (SSSR count). The lowest BCUT2D eigenvalue weighted by Crippen LogP contribution is -2.15. The summed E-state index contributed by atoms with van der Waals surface area (Å²) in [5.41, 5.74) is -0.754. The smallest absolute Gasteiger partial charge is 0.416 e. The van der Waals surface area contributed by atoms with Crippen molar-refractivity contribution in [1.82, 2.24) is 0 Å². The molecule has 0 bridgehead atoms. The van der Waals surface area contributed by atoms with Crippen LogP contribution >= 0.6 is 0 Å². The summed E-state index contributed by atoms with van der Waals surface area (Å²) in [5.74, 6) is -0.339. The highest BCUT2D eigenvalue weighted by molar-refractivity contribution is 6.06. The van der Waals surface area contributed by atoms with Crippen LogP contribution in [0.4, 0.5) is 24.5 Å². The third kappa shape index (κ3) is 4.77. The summed E-state index contributed by atoms with van der Waals surface area (Å²) in [6, 6.07) is 12.7. The van der Waals surface area contributed by atoms with E-state index in [-0.39, 0.29) is 11.3 Å². The highest BCUT2D eigenvalue weighted by Crippen LogP contribution is 2.30. The van der Waals surface area contributed by atoms with Crippen molar-refractivity contribution in [3.63, 3.8) is 0 Å². The van der Waals surface area contributed by atoms with Gasteiger partial charge in [-0.1, -0.05) is 18.2 Å². The van der Waals surface area contributed by atoms with E-state index in [1.807, 2.05) is 0 Å². The van der Waals surface area contributed by atoms with E-state index in [4.69, 9.17) is 10.00 Å². The van der Waals surface area contributed by atoms with Gasteiger partial charge in [-0.2, -0.15) is 18.4 Å². The van der Waals surface area contributed by atoms with E-state index in [1.165, 1.54) is 19.2 Å². The topological polar surface area (TPSA) is 74.1 Å². The van der Waals surface area contributed by atoms with E-state index in [0.29, 0.717) is 11.4 Å². The molecule has 0 aliphatic carbocycles. The van der Waals surface area contributed by atoms with Gasteiger partial charge in [0.1, 0.15) is 17.4 Å². The van der Waals surface area contributed by atoms with Crippen LogP contribution in [0.15, 0.2) is 60.3 Å². The molecule has 0 saturated carbocycles. The van der Waals surface area contributed by atoms with Crippen molar-refractivity contribution in [1.29, 1.82) is 5.26 Å². The Kier molecular flexibility index (Phi) is 5.86. The number of anilines is 2. The Labute approximate surface area is 147 Å². The second-order valence-electron chi connectivity index (χ2n) is 5.05. The zero-order valence-electron chi connectivity index (χ0n) is 13.6. The molecule has 0 saturated heterocycles. The monoisotopic (exact) mass is 361 g/mol. The Bertz CT molecular complexity index is 870. The van der Waals surface area contributed by atoms with E-state index in [2.05, 4.69) is 10.6 Å². The second-order valence-corrected chi connectivity index (χ2v) is 5.05. The number of carbonyl (C=O) groups is 1. The van der Waals surface area contributed by atoms with Gasteiger partial charge in [0, 0.05) is 11.9 Å². The van der Waals surface area contributed by atoms with Gasteiger partial charge >= 0.3 is 6.18 Å². The summed E-state index contributed by atoms with van der Waals surface area (Å²) in [6.07, 6.45) is -3.37. The van der Waals surface area contributed by atoms with Gasteiger partial charge in [0.05, 0.1) is 18.4 Å². The average molecular weight is 361 g/mol. The fraction of sp³-hybridized carbons (Fsp3) is 0.111. The number of ether oxygens (including phenoxy) is 1. The second kappa shape index (κ2) is 8.07. The predicted molar refractivity (Wildman–Crippen MR) is 90.4 cm³/mol. The molecule has 2 N–H and O–H groups in total. The average Bonchev–Trinajstić information content (AvgIpc) is 2.62. The summed E-state index contributed by atoms with van der Waals surface area (Å²) < 4.78 is 43.3. The predicted octanol–water partition coefficient (Wildman–Crippen LogP) is 4.17. The SMILES string of the molecule is COc1ccccc1N/C=C(/C#N)C(=O)Nc1cccc(C(F)(F)F)c1.